The molecule has 0 unspecified atom stereocenters. The van der Waals surface area contributed by atoms with Crippen LogP contribution < -0.4 is 15.4 Å². The molecule has 118 valence electrons. The lowest BCUT2D eigenvalue weighted by atomic mass is 9.82. The highest BCUT2D eigenvalue weighted by Crippen LogP contribution is 2.26. The number of urea groups is 1. The Bertz CT molecular complexity index is 459. The van der Waals surface area contributed by atoms with Crippen molar-refractivity contribution in [3.8, 4) is 5.75 Å². The van der Waals surface area contributed by atoms with Gasteiger partial charge in [-0.25, -0.2) is 4.79 Å². The molecule has 0 radical (unpaired) electrons. The molecule has 21 heavy (non-hydrogen) atoms. The Morgan fingerprint density at radius 1 is 1.10 bits per heavy atom. The van der Waals surface area contributed by atoms with Gasteiger partial charge in [0.15, 0.2) is 6.73 Å². The molecular weight excluding hydrogens is 264 g/mol. The minimum atomic E-state index is -0.258. The van der Waals surface area contributed by atoms with E-state index >= 15 is 0 Å². The van der Waals surface area contributed by atoms with Crippen molar-refractivity contribution in [2.45, 2.75) is 53.5 Å². The maximum absolute atomic E-state index is 11.9. The molecule has 2 N–H and O–H groups in total. The second kappa shape index (κ2) is 6.83. The number of amides is 2. The van der Waals surface area contributed by atoms with Crippen LogP contribution in [-0.2, 0) is 0 Å². The molecule has 0 heterocycles. The molecule has 1 aromatic rings. The molecule has 0 spiro atoms. The van der Waals surface area contributed by atoms with E-state index < -0.39 is 0 Å². The maximum atomic E-state index is 11.9. The zero-order chi connectivity index (χ0) is 16.1. The Balaban J connectivity index is 2.35. The van der Waals surface area contributed by atoms with Crippen LogP contribution in [-0.4, -0.2) is 18.3 Å². The number of aryl methyl sites for hydroxylation is 1. The smallest absolute Gasteiger partial charge is 0.317 e. The summed E-state index contributed by atoms with van der Waals surface area (Å²) in [5.41, 5.74) is 1.08. The SMILES string of the molecule is Cc1ccc(OCNC(=O)NC(C)(C)CC(C)(C)C)cc1. The summed E-state index contributed by atoms with van der Waals surface area (Å²) in [7, 11) is 0. The number of carbonyl (C=O) groups is 1. The summed E-state index contributed by atoms with van der Waals surface area (Å²) in [6, 6.07) is 7.51. The normalized spacial score (nSPS) is 11.9. The molecule has 4 heteroatoms. The van der Waals surface area contributed by atoms with Crippen LogP contribution in [0.4, 0.5) is 4.79 Å². The monoisotopic (exact) mass is 292 g/mol. The van der Waals surface area contributed by atoms with E-state index in [0.29, 0.717) is 0 Å². The van der Waals surface area contributed by atoms with Crippen LogP contribution in [0.5, 0.6) is 5.75 Å². The van der Waals surface area contributed by atoms with Gasteiger partial charge in [0.25, 0.3) is 0 Å². The third kappa shape index (κ3) is 7.59. The molecule has 0 saturated heterocycles. The first kappa shape index (κ1) is 17.3. The van der Waals surface area contributed by atoms with E-state index in [9.17, 15) is 4.79 Å². The third-order valence-electron chi connectivity index (χ3n) is 2.92. The molecule has 0 saturated carbocycles. The van der Waals surface area contributed by atoms with Gasteiger partial charge in [-0.15, -0.1) is 0 Å². The summed E-state index contributed by atoms with van der Waals surface area (Å²) in [4.78, 5) is 11.9. The number of hydrogen-bond donors (Lipinski definition) is 2. The number of carbonyl (C=O) groups excluding carboxylic acids is 1. The van der Waals surface area contributed by atoms with Crippen LogP contribution in [0.3, 0.4) is 0 Å². The van der Waals surface area contributed by atoms with Crippen LogP contribution in [0.15, 0.2) is 24.3 Å². The van der Waals surface area contributed by atoms with Gasteiger partial charge in [0.1, 0.15) is 5.75 Å². The first-order valence-electron chi connectivity index (χ1n) is 7.33. The fraction of sp³-hybridized carbons (Fsp3) is 0.588. The van der Waals surface area contributed by atoms with Gasteiger partial charge in [0.05, 0.1) is 0 Å². The van der Waals surface area contributed by atoms with Crippen molar-refractivity contribution in [2.75, 3.05) is 6.73 Å². The quantitative estimate of drug-likeness (QED) is 0.810. The van der Waals surface area contributed by atoms with Gasteiger partial charge in [-0.2, -0.15) is 0 Å². The molecule has 0 fully saturated rings. The van der Waals surface area contributed by atoms with Gasteiger partial charge >= 0.3 is 6.03 Å². The zero-order valence-electron chi connectivity index (χ0n) is 14.0. The summed E-state index contributed by atoms with van der Waals surface area (Å²) in [5.74, 6) is 0.745. The summed E-state index contributed by atoms with van der Waals surface area (Å²) in [5, 5.41) is 5.69. The van der Waals surface area contributed by atoms with E-state index in [0.717, 1.165) is 12.2 Å². The van der Waals surface area contributed by atoms with Gasteiger partial charge in [-0.05, 0) is 44.7 Å². The summed E-state index contributed by atoms with van der Waals surface area (Å²) in [6.07, 6.45) is 0.895. The fourth-order valence-electron chi connectivity index (χ4n) is 2.54. The minimum Gasteiger partial charge on any atom is -0.473 e. The Labute approximate surface area is 128 Å². The number of nitrogens with one attached hydrogen (secondary N) is 2. The minimum absolute atomic E-state index is 0.153. The van der Waals surface area contributed by atoms with Crippen molar-refractivity contribution in [1.29, 1.82) is 0 Å². The van der Waals surface area contributed by atoms with Crippen LogP contribution in [0.25, 0.3) is 0 Å². The van der Waals surface area contributed by atoms with Gasteiger partial charge < -0.3 is 15.4 Å². The van der Waals surface area contributed by atoms with Crippen molar-refractivity contribution in [3.63, 3.8) is 0 Å². The van der Waals surface area contributed by atoms with E-state index in [1.54, 1.807) is 0 Å². The molecule has 0 aromatic heterocycles. The molecule has 0 aliphatic carbocycles. The van der Waals surface area contributed by atoms with Crippen molar-refractivity contribution >= 4 is 6.03 Å². The van der Waals surface area contributed by atoms with Gasteiger partial charge in [0.2, 0.25) is 0 Å². The second-order valence-corrected chi connectivity index (χ2v) is 7.35. The molecule has 0 bridgehead atoms. The molecule has 2 amide bonds. The zero-order valence-corrected chi connectivity index (χ0v) is 14.0. The maximum Gasteiger partial charge on any atom is 0.317 e. The second-order valence-electron chi connectivity index (χ2n) is 7.35. The van der Waals surface area contributed by atoms with Crippen LogP contribution in [0.1, 0.15) is 46.6 Å². The first-order valence-corrected chi connectivity index (χ1v) is 7.33. The lowest BCUT2D eigenvalue weighted by molar-refractivity contribution is 0.199. The number of benzene rings is 1. The summed E-state index contributed by atoms with van der Waals surface area (Å²) in [6.45, 7) is 12.7. The van der Waals surface area contributed by atoms with Gasteiger partial charge in [-0.1, -0.05) is 38.5 Å². The number of hydrogen-bond acceptors (Lipinski definition) is 2. The highest BCUT2D eigenvalue weighted by molar-refractivity contribution is 5.74. The molecule has 1 aromatic carbocycles. The largest absolute Gasteiger partial charge is 0.473 e. The number of rotatable bonds is 5. The lowest BCUT2D eigenvalue weighted by Crippen LogP contribution is -2.50. The molecule has 0 aliphatic heterocycles. The molecule has 1 rings (SSSR count). The topological polar surface area (TPSA) is 50.4 Å². The van der Waals surface area contributed by atoms with Crippen molar-refractivity contribution in [1.82, 2.24) is 10.6 Å². The van der Waals surface area contributed by atoms with E-state index in [1.165, 1.54) is 5.56 Å². The average Bonchev–Trinajstić information content (AvgIpc) is 2.27. The van der Waals surface area contributed by atoms with Crippen molar-refractivity contribution in [3.05, 3.63) is 29.8 Å². The Kier molecular flexibility index (Phi) is 5.64. The Hall–Kier alpha value is -1.71. The van der Waals surface area contributed by atoms with Crippen LogP contribution in [0, 0.1) is 12.3 Å². The lowest BCUT2D eigenvalue weighted by Gasteiger charge is -2.33. The van der Waals surface area contributed by atoms with Crippen LogP contribution in [0.2, 0.25) is 0 Å². The molecular formula is C17H28N2O2. The third-order valence-corrected chi connectivity index (χ3v) is 2.92. The summed E-state index contributed by atoms with van der Waals surface area (Å²) < 4.78 is 5.48. The Morgan fingerprint density at radius 3 is 2.19 bits per heavy atom. The average molecular weight is 292 g/mol. The van der Waals surface area contributed by atoms with Crippen molar-refractivity contribution < 1.29 is 9.53 Å². The van der Waals surface area contributed by atoms with Gasteiger partial charge in [0, 0.05) is 5.54 Å². The highest BCUT2D eigenvalue weighted by Gasteiger charge is 2.26. The van der Waals surface area contributed by atoms with E-state index in [4.69, 9.17) is 4.74 Å². The standard InChI is InChI=1S/C17H28N2O2/c1-13-7-9-14(10-8-13)21-12-18-15(20)19-17(5,6)11-16(2,3)4/h7-10H,11-12H2,1-6H3,(H2,18,19,20). The number of ether oxygens (including phenoxy) is 1. The highest BCUT2D eigenvalue weighted by atomic mass is 16.5. The predicted octanol–water partition coefficient (Wildman–Crippen LogP) is 3.85. The molecule has 4 nitrogen and oxygen atoms in total. The predicted molar refractivity (Wildman–Crippen MR) is 86.5 cm³/mol. The molecule has 0 aliphatic rings. The van der Waals surface area contributed by atoms with Crippen molar-refractivity contribution in [2.24, 2.45) is 5.41 Å². The van der Waals surface area contributed by atoms with E-state index in [-0.39, 0.29) is 23.7 Å². The van der Waals surface area contributed by atoms with E-state index in [2.05, 4.69) is 31.4 Å². The van der Waals surface area contributed by atoms with E-state index in [1.807, 2.05) is 45.0 Å². The fourth-order valence-corrected chi connectivity index (χ4v) is 2.54. The summed E-state index contributed by atoms with van der Waals surface area (Å²) >= 11 is 0. The Morgan fingerprint density at radius 2 is 1.67 bits per heavy atom. The van der Waals surface area contributed by atoms with Crippen LogP contribution >= 0.6 is 0 Å². The first-order chi connectivity index (χ1) is 9.57. The molecule has 0 atom stereocenters. The van der Waals surface area contributed by atoms with Gasteiger partial charge in [-0.3, -0.25) is 0 Å².